The normalized spacial score (nSPS) is 11.2. The molecule has 0 bridgehead atoms. The number of ether oxygens (including phenoxy) is 1. The number of para-hydroxylation sites is 1. The first kappa shape index (κ1) is 26.6. The van der Waals surface area contributed by atoms with E-state index >= 15 is 0 Å². The van der Waals surface area contributed by atoms with Gasteiger partial charge in [-0.1, -0.05) is 46.3 Å². The summed E-state index contributed by atoms with van der Waals surface area (Å²) in [7, 11) is 0. The molecule has 42 heavy (non-hydrogen) atoms. The first-order valence-corrected chi connectivity index (χ1v) is 13.4. The Balaban J connectivity index is 1.47. The minimum absolute atomic E-state index is 0.0413. The van der Waals surface area contributed by atoms with Gasteiger partial charge in [-0.05, 0) is 48.5 Å². The molecule has 0 amide bonds. The van der Waals surface area contributed by atoms with Crippen molar-refractivity contribution in [1.29, 1.82) is 5.26 Å². The fraction of sp³-hybridized carbons (Fsp3) is 0.0323. The predicted molar refractivity (Wildman–Crippen MR) is 160 cm³/mol. The number of furan rings is 1. The van der Waals surface area contributed by atoms with Crippen LogP contribution in [0, 0.1) is 21.4 Å². The van der Waals surface area contributed by atoms with Gasteiger partial charge in [0, 0.05) is 33.1 Å². The van der Waals surface area contributed by atoms with Gasteiger partial charge in [0.1, 0.15) is 17.9 Å². The molecule has 6 aromatic rings. The molecule has 4 aromatic carbocycles. The molecule has 0 fully saturated rings. The van der Waals surface area contributed by atoms with Crippen molar-refractivity contribution in [2.24, 2.45) is 5.10 Å². The Bertz CT molecular complexity index is 2140. The van der Waals surface area contributed by atoms with Crippen LogP contribution in [0.5, 0.6) is 5.75 Å². The van der Waals surface area contributed by atoms with Crippen molar-refractivity contribution in [2.45, 2.75) is 6.61 Å². The highest BCUT2D eigenvalue weighted by Gasteiger charge is 2.18. The second kappa shape index (κ2) is 11.1. The van der Waals surface area contributed by atoms with E-state index in [0.717, 1.165) is 14.5 Å². The van der Waals surface area contributed by atoms with Crippen molar-refractivity contribution in [1.82, 2.24) is 9.66 Å². The SMILES string of the molecule is N#Cc1ccccc1COc1ccc([N+](=O)[O-])cc1C=Nn1c(-c2cc3cc(Br)ccc3o2)nc2ccccc2c1=O. The fourth-order valence-electron chi connectivity index (χ4n) is 4.43. The van der Waals surface area contributed by atoms with Crippen LogP contribution in [0.25, 0.3) is 33.5 Å². The lowest BCUT2D eigenvalue weighted by molar-refractivity contribution is -0.384. The average molecular weight is 620 g/mol. The van der Waals surface area contributed by atoms with Crippen molar-refractivity contribution >= 4 is 49.7 Å². The van der Waals surface area contributed by atoms with Gasteiger partial charge in [-0.3, -0.25) is 14.9 Å². The molecule has 2 aromatic heterocycles. The van der Waals surface area contributed by atoms with E-state index in [9.17, 15) is 20.2 Å². The number of hydrogen-bond acceptors (Lipinski definition) is 8. The molecule has 0 unspecified atom stereocenters. The van der Waals surface area contributed by atoms with Crippen molar-refractivity contribution < 1.29 is 14.1 Å². The molecule has 2 heterocycles. The van der Waals surface area contributed by atoms with Gasteiger partial charge in [0.15, 0.2) is 5.76 Å². The summed E-state index contributed by atoms with van der Waals surface area (Å²) in [6, 6.07) is 27.3. The Morgan fingerprint density at radius 3 is 2.71 bits per heavy atom. The number of rotatable bonds is 7. The molecule has 10 nitrogen and oxygen atoms in total. The zero-order valence-corrected chi connectivity index (χ0v) is 23.2. The van der Waals surface area contributed by atoms with Crippen LogP contribution in [-0.2, 0) is 6.61 Å². The van der Waals surface area contributed by atoms with Crippen LogP contribution in [0.3, 0.4) is 0 Å². The highest BCUT2D eigenvalue weighted by Crippen LogP contribution is 2.30. The highest BCUT2D eigenvalue weighted by molar-refractivity contribution is 9.10. The predicted octanol–water partition coefficient (Wildman–Crippen LogP) is 6.81. The van der Waals surface area contributed by atoms with Gasteiger partial charge >= 0.3 is 0 Å². The number of nitro groups is 1. The third-order valence-electron chi connectivity index (χ3n) is 6.49. The quantitative estimate of drug-likeness (QED) is 0.109. The zero-order valence-electron chi connectivity index (χ0n) is 21.6. The van der Waals surface area contributed by atoms with E-state index in [1.165, 1.54) is 24.4 Å². The summed E-state index contributed by atoms with van der Waals surface area (Å²) in [5, 5.41) is 26.5. The molecule has 0 aliphatic heterocycles. The lowest BCUT2D eigenvalue weighted by Gasteiger charge is -2.11. The second-order valence-electron chi connectivity index (χ2n) is 9.14. The number of nitro benzene ring substituents is 1. The largest absolute Gasteiger partial charge is 0.488 e. The summed E-state index contributed by atoms with van der Waals surface area (Å²) in [5.74, 6) is 0.735. The molecule has 0 spiro atoms. The van der Waals surface area contributed by atoms with E-state index in [2.05, 4.69) is 32.1 Å². The molecule has 0 atom stereocenters. The van der Waals surface area contributed by atoms with Crippen molar-refractivity contribution in [3.05, 3.63) is 133 Å². The minimum Gasteiger partial charge on any atom is -0.488 e. The Morgan fingerprint density at radius 1 is 1.07 bits per heavy atom. The zero-order chi connectivity index (χ0) is 29.2. The van der Waals surface area contributed by atoms with Crippen molar-refractivity contribution in [3.63, 3.8) is 0 Å². The van der Waals surface area contributed by atoms with Crippen molar-refractivity contribution in [2.75, 3.05) is 0 Å². The lowest BCUT2D eigenvalue weighted by atomic mass is 10.1. The Hall–Kier alpha value is -5.60. The van der Waals surface area contributed by atoms with E-state index in [0.29, 0.717) is 33.4 Å². The monoisotopic (exact) mass is 619 g/mol. The van der Waals surface area contributed by atoms with Crippen LogP contribution < -0.4 is 10.3 Å². The van der Waals surface area contributed by atoms with Gasteiger partial charge in [0.2, 0.25) is 5.82 Å². The fourth-order valence-corrected chi connectivity index (χ4v) is 4.81. The Kier molecular flexibility index (Phi) is 7.04. The number of aromatic nitrogens is 2. The van der Waals surface area contributed by atoms with Crippen LogP contribution in [0.2, 0.25) is 0 Å². The molecule has 0 saturated heterocycles. The molecular weight excluding hydrogens is 602 g/mol. The van der Waals surface area contributed by atoms with E-state index in [4.69, 9.17) is 9.15 Å². The topological polar surface area (TPSA) is 137 Å². The smallest absolute Gasteiger partial charge is 0.282 e. The van der Waals surface area contributed by atoms with E-state index < -0.39 is 10.5 Å². The summed E-state index contributed by atoms with van der Waals surface area (Å²) < 4.78 is 14.0. The molecule has 0 aliphatic carbocycles. The molecule has 0 N–H and O–H groups in total. The number of non-ortho nitro benzene ring substituents is 1. The Labute approximate surface area is 246 Å². The molecule has 11 heteroatoms. The third kappa shape index (κ3) is 5.14. The van der Waals surface area contributed by atoms with E-state index in [-0.39, 0.29) is 29.4 Å². The van der Waals surface area contributed by atoms with Crippen molar-refractivity contribution in [3.8, 4) is 23.4 Å². The number of benzene rings is 4. The average Bonchev–Trinajstić information content (AvgIpc) is 3.43. The molecule has 204 valence electrons. The molecule has 0 saturated carbocycles. The van der Waals surface area contributed by atoms with E-state index in [1.54, 1.807) is 60.7 Å². The standard InChI is InChI=1S/C31H18BrN5O5/c32-23-9-11-28-21(13-23)15-29(42-28)30-35-26-8-4-3-7-25(26)31(38)36(30)34-17-22-14-24(37(39)40)10-12-27(22)41-18-20-6-2-1-5-19(20)16-33/h1-15,17H,18H2. The van der Waals surface area contributed by atoms with Gasteiger partial charge in [0.25, 0.3) is 11.2 Å². The van der Waals surface area contributed by atoms with Gasteiger partial charge < -0.3 is 9.15 Å². The van der Waals surface area contributed by atoms with Crippen LogP contribution in [0.4, 0.5) is 5.69 Å². The number of nitrogens with zero attached hydrogens (tertiary/aromatic N) is 5. The maximum Gasteiger partial charge on any atom is 0.282 e. The van der Waals surface area contributed by atoms with Crippen LogP contribution in [0.15, 0.2) is 110 Å². The molecule has 6 rings (SSSR count). The molecular formula is C31H18BrN5O5. The maximum atomic E-state index is 13.6. The number of nitriles is 1. The Morgan fingerprint density at radius 2 is 1.88 bits per heavy atom. The minimum atomic E-state index is -0.534. The van der Waals surface area contributed by atoms with Gasteiger partial charge in [-0.15, -0.1) is 0 Å². The lowest BCUT2D eigenvalue weighted by Crippen LogP contribution is -2.20. The summed E-state index contributed by atoms with van der Waals surface area (Å²) in [4.78, 5) is 29.3. The van der Waals surface area contributed by atoms with Gasteiger partial charge in [0.05, 0.1) is 33.7 Å². The summed E-state index contributed by atoms with van der Waals surface area (Å²) in [5.41, 5.74) is 1.76. The third-order valence-corrected chi connectivity index (χ3v) is 6.98. The first-order valence-electron chi connectivity index (χ1n) is 12.6. The van der Waals surface area contributed by atoms with Crippen LogP contribution in [0.1, 0.15) is 16.7 Å². The number of fused-ring (bicyclic) bond motifs is 2. The first-order chi connectivity index (χ1) is 20.4. The molecule has 0 radical (unpaired) electrons. The summed E-state index contributed by atoms with van der Waals surface area (Å²) >= 11 is 3.45. The number of hydrogen-bond donors (Lipinski definition) is 0. The summed E-state index contributed by atoms with van der Waals surface area (Å²) in [6.07, 6.45) is 1.30. The second-order valence-corrected chi connectivity index (χ2v) is 10.1. The van der Waals surface area contributed by atoms with Gasteiger partial charge in [-0.25, -0.2) is 4.98 Å². The van der Waals surface area contributed by atoms with E-state index in [1.807, 2.05) is 12.1 Å². The number of halogens is 1. The maximum absolute atomic E-state index is 13.6. The summed E-state index contributed by atoms with van der Waals surface area (Å²) in [6.45, 7) is 0.0413. The van der Waals surface area contributed by atoms with Gasteiger partial charge in [-0.2, -0.15) is 15.0 Å². The van der Waals surface area contributed by atoms with Crippen LogP contribution >= 0.6 is 15.9 Å². The molecule has 0 aliphatic rings. The van der Waals surface area contributed by atoms with Crippen LogP contribution in [-0.4, -0.2) is 20.8 Å². The highest BCUT2D eigenvalue weighted by atomic mass is 79.9.